The van der Waals surface area contributed by atoms with E-state index < -0.39 is 0 Å². The summed E-state index contributed by atoms with van der Waals surface area (Å²) in [5.41, 5.74) is 4.99. The zero-order valence-corrected chi connectivity index (χ0v) is 15.0. The Kier molecular flexibility index (Phi) is 5.07. The van der Waals surface area contributed by atoms with Gasteiger partial charge in [0.2, 0.25) is 0 Å². The molecule has 0 saturated heterocycles. The molecule has 4 rings (SSSR count). The number of aromatic nitrogens is 1. The predicted octanol–water partition coefficient (Wildman–Crippen LogP) is 5.03. The minimum atomic E-state index is 0.419. The van der Waals surface area contributed by atoms with E-state index in [1.165, 1.54) is 24.0 Å². The van der Waals surface area contributed by atoms with Crippen LogP contribution in [0, 0.1) is 0 Å². The minimum absolute atomic E-state index is 0.419. The van der Waals surface area contributed by atoms with Gasteiger partial charge >= 0.3 is 0 Å². The van der Waals surface area contributed by atoms with Gasteiger partial charge in [-0.25, -0.2) is 0 Å². The van der Waals surface area contributed by atoms with E-state index in [9.17, 15) is 5.11 Å². The Balaban J connectivity index is 1.31. The number of phenolic OH excluding ortho intramolecular Hbond substituents is 1. The summed E-state index contributed by atoms with van der Waals surface area (Å²) in [7, 11) is 0. The molecule has 1 unspecified atom stereocenters. The van der Waals surface area contributed by atoms with Crippen LogP contribution in [-0.4, -0.2) is 22.7 Å². The highest BCUT2D eigenvalue weighted by Crippen LogP contribution is 2.29. The number of nitrogens with one attached hydrogen (secondary N) is 2. The molecule has 1 aliphatic rings. The Hall–Kier alpha value is -2.52. The Morgan fingerprint density at radius 1 is 1.00 bits per heavy atom. The number of aryl methyl sites for hydroxylation is 1. The largest absolute Gasteiger partial charge is 0.508 e. The lowest BCUT2D eigenvalue weighted by molar-refractivity contribution is 0.460. The molecule has 3 heteroatoms. The smallest absolute Gasteiger partial charge is 0.119 e. The van der Waals surface area contributed by atoms with E-state index in [2.05, 4.69) is 52.8 Å². The van der Waals surface area contributed by atoms with Gasteiger partial charge in [-0.1, -0.05) is 42.8 Å². The first-order chi connectivity index (χ1) is 12.8. The SMILES string of the molecule is Oc1ccc2[nH]ccc2c1CCCCC1CC(c2ccccc2)=CCN1. The molecule has 0 radical (unpaired) electrons. The van der Waals surface area contributed by atoms with Crippen molar-refractivity contribution in [3.8, 4) is 5.75 Å². The van der Waals surface area contributed by atoms with Gasteiger partial charge in [-0.15, -0.1) is 0 Å². The molecule has 0 amide bonds. The van der Waals surface area contributed by atoms with Crippen LogP contribution in [0.1, 0.15) is 36.8 Å². The lowest BCUT2D eigenvalue weighted by Gasteiger charge is -2.24. The quantitative estimate of drug-likeness (QED) is 0.548. The van der Waals surface area contributed by atoms with Gasteiger partial charge in [-0.3, -0.25) is 0 Å². The standard InChI is InChI=1S/C23H26N2O/c26-23-11-10-22-20(13-15-25-22)21(23)9-5-4-8-19-16-18(12-14-24-19)17-6-2-1-3-7-17/h1-3,6-7,10-13,15,19,24-26H,4-5,8-9,14,16H2. The van der Waals surface area contributed by atoms with Crippen molar-refractivity contribution >= 4 is 16.5 Å². The molecule has 0 bridgehead atoms. The fourth-order valence-electron chi connectivity index (χ4n) is 4.00. The number of aromatic amines is 1. The maximum Gasteiger partial charge on any atom is 0.119 e. The average molecular weight is 346 g/mol. The molecule has 0 spiro atoms. The van der Waals surface area contributed by atoms with Crippen molar-refractivity contribution in [2.75, 3.05) is 6.54 Å². The number of H-pyrrole nitrogens is 1. The third-order valence-corrected chi connectivity index (χ3v) is 5.42. The zero-order valence-electron chi connectivity index (χ0n) is 15.0. The number of benzene rings is 2. The lowest BCUT2D eigenvalue weighted by Crippen LogP contribution is -2.32. The van der Waals surface area contributed by atoms with Crippen LogP contribution in [0.25, 0.3) is 16.5 Å². The molecule has 3 nitrogen and oxygen atoms in total. The second kappa shape index (κ2) is 7.79. The summed E-state index contributed by atoms with van der Waals surface area (Å²) in [6, 6.07) is 17.1. The van der Waals surface area contributed by atoms with Crippen LogP contribution in [0.2, 0.25) is 0 Å². The number of hydrogen-bond donors (Lipinski definition) is 3. The van der Waals surface area contributed by atoms with E-state index in [0.29, 0.717) is 11.8 Å². The first kappa shape index (κ1) is 16.9. The van der Waals surface area contributed by atoms with Gasteiger partial charge in [-0.05, 0) is 55.0 Å². The first-order valence-corrected chi connectivity index (χ1v) is 9.57. The predicted molar refractivity (Wildman–Crippen MR) is 108 cm³/mol. The second-order valence-corrected chi connectivity index (χ2v) is 7.15. The molecule has 0 saturated carbocycles. The molecule has 0 fully saturated rings. The molecule has 134 valence electrons. The summed E-state index contributed by atoms with van der Waals surface area (Å²) in [5, 5.41) is 15.0. The van der Waals surface area contributed by atoms with Crippen LogP contribution >= 0.6 is 0 Å². The Morgan fingerprint density at radius 2 is 1.88 bits per heavy atom. The maximum atomic E-state index is 10.2. The summed E-state index contributed by atoms with van der Waals surface area (Å²) < 4.78 is 0. The van der Waals surface area contributed by atoms with Gasteiger partial charge in [0.25, 0.3) is 0 Å². The van der Waals surface area contributed by atoms with Crippen LogP contribution in [0.5, 0.6) is 5.75 Å². The van der Waals surface area contributed by atoms with Crippen molar-refractivity contribution in [2.24, 2.45) is 0 Å². The molecule has 1 aromatic heterocycles. The molecule has 1 atom stereocenters. The Labute approximate surface area is 154 Å². The molecule has 26 heavy (non-hydrogen) atoms. The third-order valence-electron chi connectivity index (χ3n) is 5.42. The highest BCUT2D eigenvalue weighted by atomic mass is 16.3. The van der Waals surface area contributed by atoms with Gasteiger partial charge in [0.05, 0.1) is 0 Å². The minimum Gasteiger partial charge on any atom is -0.508 e. The van der Waals surface area contributed by atoms with E-state index in [1.54, 1.807) is 6.07 Å². The van der Waals surface area contributed by atoms with Crippen molar-refractivity contribution in [2.45, 2.75) is 38.1 Å². The Bertz CT molecular complexity index is 895. The molecule has 0 aliphatic carbocycles. The molecular weight excluding hydrogens is 320 g/mol. The number of phenols is 1. The molecule has 3 aromatic rings. The Morgan fingerprint density at radius 3 is 2.77 bits per heavy atom. The average Bonchev–Trinajstić information content (AvgIpc) is 3.16. The van der Waals surface area contributed by atoms with Crippen molar-refractivity contribution in [3.63, 3.8) is 0 Å². The third kappa shape index (κ3) is 3.68. The van der Waals surface area contributed by atoms with Gasteiger partial charge in [0.15, 0.2) is 0 Å². The van der Waals surface area contributed by atoms with E-state index in [-0.39, 0.29) is 0 Å². The summed E-state index contributed by atoms with van der Waals surface area (Å²) in [4.78, 5) is 3.22. The maximum absolute atomic E-state index is 10.2. The molecule has 3 N–H and O–H groups in total. The van der Waals surface area contributed by atoms with Gasteiger partial charge < -0.3 is 15.4 Å². The van der Waals surface area contributed by atoms with Crippen LogP contribution in [0.4, 0.5) is 0 Å². The molecule has 1 aliphatic heterocycles. The number of hydrogen-bond acceptors (Lipinski definition) is 2. The molecular formula is C23H26N2O. The fraction of sp³-hybridized carbons (Fsp3) is 0.304. The van der Waals surface area contributed by atoms with Gasteiger partial charge in [0, 0.05) is 35.2 Å². The summed E-state index contributed by atoms with van der Waals surface area (Å²) >= 11 is 0. The summed E-state index contributed by atoms with van der Waals surface area (Å²) in [6.45, 7) is 0.957. The van der Waals surface area contributed by atoms with Crippen LogP contribution in [-0.2, 0) is 6.42 Å². The van der Waals surface area contributed by atoms with Gasteiger partial charge in [0.1, 0.15) is 5.75 Å². The number of fused-ring (bicyclic) bond motifs is 1. The topological polar surface area (TPSA) is 48.0 Å². The molecule has 2 heterocycles. The van der Waals surface area contributed by atoms with E-state index in [4.69, 9.17) is 0 Å². The van der Waals surface area contributed by atoms with Gasteiger partial charge in [-0.2, -0.15) is 0 Å². The number of rotatable bonds is 6. The monoisotopic (exact) mass is 346 g/mol. The highest BCUT2D eigenvalue weighted by Gasteiger charge is 2.16. The normalized spacial score (nSPS) is 17.4. The van der Waals surface area contributed by atoms with Crippen molar-refractivity contribution < 1.29 is 5.11 Å². The van der Waals surface area contributed by atoms with Crippen LogP contribution < -0.4 is 5.32 Å². The number of unbranched alkanes of at least 4 members (excludes halogenated alkanes) is 1. The number of aromatic hydroxyl groups is 1. The second-order valence-electron chi connectivity index (χ2n) is 7.15. The van der Waals surface area contributed by atoms with Crippen molar-refractivity contribution in [3.05, 3.63) is 71.9 Å². The van der Waals surface area contributed by atoms with Crippen LogP contribution in [0.3, 0.4) is 0 Å². The molecule has 2 aromatic carbocycles. The van der Waals surface area contributed by atoms with E-state index in [1.807, 2.05) is 12.3 Å². The fourth-order valence-corrected chi connectivity index (χ4v) is 4.00. The van der Waals surface area contributed by atoms with Crippen molar-refractivity contribution in [1.29, 1.82) is 0 Å². The van der Waals surface area contributed by atoms with E-state index in [0.717, 1.165) is 42.3 Å². The van der Waals surface area contributed by atoms with Crippen molar-refractivity contribution in [1.82, 2.24) is 10.3 Å². The lowest BCUT2D eigenvalue weighted by atomic mass is 9.92. The van der Waals surface area contributed by atoms with E-state index >= 15 is 0 Å². The first-order valence-electron chi connectivity index (χ1n) is 9.57. The summed E-state index contributed by atoms with van der Waals surface area (Å²) in [6.07, 6.45) is 9.72. The zero-order chi connectivity index (χ0) is 17.8. The summed E-state index contributed by atoms with van der Waals surface area (Å²) in [5.74, 6) is 0.419. The highest BCUT2D eigenvalue weighted by molar-refractivity contribution is 5.85. The van der Waals surface area contributed by atoms with Crippen LogP contribution in [0.15, 0.2) is 60.8 Å².